The summed E-state index contributed by atoms with van der Waals surface area (Å²) in [5.74, 6) is 0.591. The third-order valence-electron chi connectivity index (χ3n) is 3.90. The summed E-state index contributed by atoms with van der Waals surface area (Å²) < 4.78 is 6.44. The molecule has 0 bridgehead atoms. The van der Waals surface area contributed by atoms with Crippen LogP contribution in [0.2, 0.25) is 18.1 Å². The van der Waals surface area contributed by atoms with E-state index in [9.17, 15) is 0 Å². The van der Waals surface area contributed by atoms with E-state index in [1.165, 1.54) is 12.8 Å². The van der Waals surface area contributed by atoms with Crippen molar-refractivity contribution in [3.8, 4) is 0 Å². The van der Waals surface area contributed by atoms with Gasteiger partial charge in [0.15, 0.2) is 8.32 Å². The maximum absolute atomic E-state index is 6.44. The second kappa shape index (κ2) is 4.42. The Hall–Kier alpha value is -0.0831. The Morgan fingerprint density at radius 3 is 2.33 bits per heavy atom. The predicted octanol–water partition coefficient (Wildman–Crippen LogP) is 4.36. The van der Waals surface area contributed by atoms with Crippen molar-refractivity contribution in [2.45, 2.75) is 64.8 Å². The first-order valence-corrected chi connectivity index (χ1v) is 8.99. The first kappa shape index (κ1) is 13.0. The van der Waals surface area contributed by atoms with Gasteiger partial charge in [0.05, 0.1) is 6.10 Å². The van der Waals surface area contributed by atoms with E-state index >= 15 is 0 Å². The predicted molar refractivity (Wildman–Crippen MR) is 69.6 cm³/mol. The molecule has 0 aromatic carbocycles. The van der Waals surface area contributed by atoms with Gasteiger partial charge < -0.3 is 4.43 Å². The molecule has 0 N–H and O–H groups in total. The van der Waals surface area contributed by atoms with E-state index in [4.69, 9.17) is 4.43 Å². The zero-order valence-electron chi connectivity index (χ0n) is 11.1. The third kappa shape index (κ3) is 3.18. The van der Waals surface area contributed by atoms with Gasteiger partial charge in [-0.3, -0.25) is 0 Å². The van der Waals surface area contributed by atoms with Crippen LogP contribution in [-0.4, -0.2) is 14.4 Å². The van der Waals surface area contributed by atoms with E-state index in [1.807, 2.05) is 0 Å². The first-order chi connectivity index (χ1) is 6.74. The standard InChI is InChI=1S/C13H26OSi/c1-11-9-7-8-10-12(11)14-15(5,6)13(2,3)4/h7,9,11-12H,8,10H2,1-6H3/t11-,12-/m0/s1. The Kier molecular flexibility index (Phi) is 3.83. The van der Waals surface area contributed by atoms with Gasteiger partial charge in [0, 0.05) is 0 Å². The SMILES string of the molecule is C[C@H]1C=CCC[C@@H]1O[Si](C)(C)C(C)(C)C. The minimum Gasteiger partial charge on any atom is -0.413 e. The number of rotatable bonds is 2. The van der Waals surface area contributed by atoms with Gasteiger partial charge in [0.25, 0.3) is 0 Å². The molecule has 1 nitrogen and oxygen atoms in total. The van der Waals surface area contributed by atoms with Gasteiger partial charge in [-0.25, -0.2) is 0 Å². The van der Waals surface area contributed by atoms with E-state index in [0.29, 0.717) is 17.1 Å². The van der Waals surface area contributed by atoms with Gasteiger partial charge in [-0.05, 0) is 36.9 Å². The van der Waals surface area contributed by atoms with Crippen LogP contribution in [0.3, 0.4) is 0 Å². The molecule has 1 aliphatic rings. The summed E-state index contributed by atoms with van der Waals surface area (Å²) in [5.41, 5.74) is 0. The summed E-state index contributed by atoms with van der Waals surface area (Å²) in [6, 6.07) is 0. The molecule has 0 saturated carbocycles. The Labute approximate surface area is 96.0 Å². The highest BCUT2D eigenvalue weighted by Crippen LogP contribution is 2.39. The molecule has 88 valence electrons. The van der Waals surface area contributed by atoms with Crippen LogP contribution in [0.4, 0.5) is 0 Å². The summed E-state index contributed by atoms with van der Waals surface area (Å²) in [5, 5.41) is 0.327. The largest absolute Gasteiger partial charge is 0.413 e. The zero-order chi connectivity index (χ0) is 11.7. The van der Waals surface area contributed by atoms with Crippen molar-refractivity contribution in [3.05, 3.63) is 12.2 Å². The van der Waals surface area contributed by atoms with Crippen molar-refractivity contribution in [2.24, 2.45) is 5.92 Å². The van der Waals surface area contributed by atoms with Crippen LogP contribution in [0.25, 0.3) is 0 Å². The fourth-order valence-corrected chi connectivity index (χ4v) is 3.12. The molecule has 0 amide bonds. The molecule has 1 aliphatic carbocycles. The Morgan fingerprint density at radius 2 is 1.87 bits per heavy atom. The molecule has 0 aromatic heterocycles. The Bertz CT molecular complexity index is 237. The second-order valence-electron chi connectivity index (χ2n) is 6.28. The normalized spacial score (nSPS) is 28.1. The van der Waals surface area contributed by atoms with E-state index in [2.05, 4.69) is 52.9 Å². The van der Waals surface area contributed by atoms with Crippen LogP contribution in [0.5, 0.6) is 0 Å². The molecule has 0 fully saturated rings. The zero-order valence-corrected chi connectivity index (χ0v) is 12.1. The van der Waals surface area contributed by atoms with Gasteiger partial charge in [-0.2, -0.15) is 0 Å². The minimum absolute atomic E-state index is 0.327. The van der Waals surface area contributed by atoms with Crippen molar-refractivity contribution in [2.75, 3.05) is 0 Å². The molecule has 0 radical (unpaired) electrons. The molecule has 0 saturated heterocycles. The topological polar surface area (TPSA) is 9.23 Å². The Morgan fingerprint density at radius 1 is 1.27 bits per heavy atom. The van der Waals surface area contributed by atoms with Crippen LogP contribution in [0, 0.1) is 5.92 Å². The van der Waals surface area contributed by atoms with Gasteiger partial charge >= 0.3 is 0 Å². The molecule has 1 rings (SSSR count). The smallest absolute Gasteiger partial charge is 0.192 e. The number of hydrogen-bond donors (Lipinski definition) is 0. The molecule has 0 unspecified atom stereocenters. The lowest BCUT2D eigenvalue weighted by atomic mass is 9.95. The lowest BCUT2D eigenvalue weighted by Crippen LogP contribution is -2.45. The molecule has 15 heavy (non-hydrogen) atoms. The number of allylic oxidation sites excluding steroid dienone is 1. The summed E-state index contributed by atoms with van der Waals surface area (Å²) in [7, 11) is -1.57. The monoisotopic (exact) mass is 226 g/mol. The highest BCUT2D eigenvalue weighted by molar-refractivity contribution is 6.74. The van der Waals surface area contributed by atoms with Crippen LogP contribution in [0.15, 0.2) is 12.2 Å². The van der Waals surface area contributed by atoms with Gasteiger partial charge in [-0.1, -0.05) is 39.8 Å². The summed E-state index contributed by atoms with van der Waals surface area (Å²) in [6.45, 7) is 13.9. The van der Waals surface area contributed by atoms with Crippen LogP contribution < -0.4 is 0 Å². The van der Waals surface area contributed by atoms with Gasteiger partial charge in [0.2, 0.25) is 0 Å². The van der Waals surface area contributed by atoms with E-state index in [0.717, 1.165) is 0 Å². The van der Waals surface area contributed by atoms with Crippen LogP contribution >= 0.6 is 0 Å². The third-order valence-corrected chi connectivity index (χ3v) is 8.40. The van der Waals surface area contributed by atoms with Crippen molar-refractivity contribution in [1.29, 1.82) is 0 Å². The minimum atomic E-state index is -1.57. The highest BCUT2D eigenvalue weighted by atomic mass is 28.4. The molecule has 0 aliphatic heterocycles. The summed E-state index contributed by atoms with van der Waals surface area (Å²) >= 11 is 0. The molecule has 2 atom stereocenters. The van der Waals surface area contributed by atoms with Crippen LogP contribution in [0.1, 0.15) is 40.5 Å². The quantitative estimate of drug-likeness (QED) is 0.502. The van der Waals surface area contributed by atoms with Crippen molar-refractivity contribution in [1.82, 2.24) is 0 Å². The maximum Gasteiger partial charge on any atom is 0.192 e. The van der Waals surface area contributed by atoms with E-state index < -0.39 is 8.32 Å². The van der Waals surface area contributed by atoms with Crippen molar-refractivity contribution < 1.29 is 4.43 Å². The molecule has 0 spiro atoms. The second-order valence-corrected chi connectivity index (χ2v) is 11.0. The summed E-state index contributed by atoms with van der Waals surface area (Å²) in [6.07, 6.45) is 7.43. The van der Waals surface area contributed by atoms with E-state index in [1.54, 1.807) is 0 Å². The Balaban J connectivity index is 2.65. The molecule has 0 heterocycles. The highest BCUT2D eigenvalue weighted by Gasteiger charge is 2.39. The van der Waals surface area contributed by atoms with Crippen molar-refractivity contribution >= 4 is 8.32 Å². The molecular weight excluding hydrogens is 200 g/mol. The molecular formula is C13H26OSi. The van der Waals surface area contributed by atoms with E-state index in [-0.39, 0.29) is 0 Å². The van der Waals surface area contributed by atoms with Gasteiger partial charge in [0.1, 0.15) is 0 Å². The maximum atomic E-state index is 6.44. The average Bonchev–Trinajstić information content (AvgIpc) is 2.06. The first-order valence-electron chi connectivity index (χ1n) is 6.08. The lowest BCUT2D eigenvalue weighted by molar-refractivity contribution is 0.132. The fraction of sp³-hybridized carbons (Fsp3) is 0.846. The molecule has 2 heteroatoms. The summed E-state index contributed by atoms with van der Waals surface area (Å²) in [4.78, 5) is 0. The lowest BCUT2D eigenvalue weighted by Gasteiger charge is -2.41. The molecule has 0 aromatic rings. The van der Waals surface area contributed by atoms with Gasteiger partial charge in [-0.15, -0.1) is 0 Å². The average molecular weight is 226 g/mol. The fourth-order valence-electron chi connectivity index (χ4n) is 1.68. The number of hydrogen-bond acceptors (Lipinski definition) is 1. The van der Waals surface area contributed by atoms with Crippen LogP contribution in [-0.2, 0) is 4.43 Å². The van der Waals surface area contributed by atoms with Crippen molar-refractivity contribution in [3.63, 3.8) is 0 Å².